The lowest BCUT2D eigenvalue weighted by molar-refractivity contribution is -0.127. The zero-order valence-electron chi connectivity index (χ0n) is 18.7. The van der Waals surface area contributed by atoms with Crippen LogP contribution in [0.15, 0.2) is 48.5 Å². The van der Waals surface area contributed by atoms with Crippen LogP contribution >= 0.6 is 0 Å². The fourth-order valence-corrected chi connectivity index (χ4v) is 4.02. The monoisotopic (exact) mass is 428 g/mol. The van der Waals surface area contributed by atoms with Crippen LogP contribution in [0.25, 0.3) is 6.08 Å². The quantitative estimate of drug-likeness (QED) is 0.608. The van der Waals surface area contributed by atoms with E-state index in [4.69, 9.17) is 0 Å². The summed E-state index contributed by atoms with van der Waals surface area (Å²) in [7, 11) is 0. The molecule has 4 rings (SSSR count). The average Bonchev–Trinajstić information content (AvgIpc) is 2.77. The van der Waals surface area contributed by atoms with Gasteiger partial charge in [-0.15, -0.1) is 0 Å². The number of nitrogens with one attached hydrogen (secondary N) is 1. The fraction of sp³-hybridized carbons (Fsp3) is 0.320. The fourth-order valence-electron chi connectivity index (χ4n) is 4.02. The van der Waals surface area contributed by atoms with E-state index in [0.717, 1.165) is 42.0 Å². The maximum atomic E-state index is 12.8. The molecule has 1 unspecified atom stereocenters. The van der Waals surface area contributed by atoms with E-state index in [1.807, 2.05) is 74.2 Å². The molecule has 32 heavy (non-hydrogen) atoms. The summed E-state index contributed by atoms with van der Waals surface area (Å²) in [4.78, 5) is 32.7. The molecule has 2 aromatic heterocycles. The lowest BCUT2D eigenvalue weighted by Crippen LogP contribution is -2.38. The third-order valence-corrected chi connectivity index (χ3v) is 5.45. The molecular formula is C25H28N6O. The van der Waals surface area contributed by atoms with Crippen LogP contribution in [0.5, 0.6) is 0 Å². The summed E-state index contributed by atoms with van der Waals surface area (Å²) in [6.07, 6.45) is 5.46. The largest absolute Gasteiger partial charge is 0.338 e. The SMILES string of the molecule is Cc1cc(C)nc(Nc2cc(C3CCCN(C(=O)/C=C/c4ccccc4)C3)nc(C)n2)n1. The van der Waals surface area contributed by atoms with Crippen LogP contribution in [0.1, 0.15) is 47.2 Å². The number of likely N-dealkylation sites (tertiary alicyclic amines) is 1. The van der Waals surface area contributed by atoms with Crippen molar-refractivity contribution in [1.82, 2.24) is 24.8 Å². The van der Waals surface area contributed by atoms with Crippen LogP contribution in [0, 0.1) is 20.8 Å². The molecule has 0 bridgehead atoms. The first-order valence-electron chi connectivity index (χ1n) is 10.9. The molecular weight excluding hydrogens is 400 g/mol. The minimum Gasteiger partial charge on any atom is -0.338 e. The summed E-state index contributed by atoms with van der Waals surface area (Å²) in [5.41, 5.74) is 3.76. The Morgan fingerprint density at radius 1 is 1.03 bits per heavy atom. The molecule has 0 saturated carbocycles. The number of hydrogen-bond donors (Lipinski definition) is 1. The number of carbonyl (C=O) groups is 1. The Morgan fingerprint density at radius 2 is 1.78 bits per heavy atom. The van der Waals surface area contributed by atoms with Gasteiger partial charge in [0.15, 0.2) is 0 Å². The van der Waals surface area contributed by atoms with Gasteiger partial charge in [-0.1, -0.05) is 30.3 Å². The number of benzene rings is 1. The van der Waals surface area contributed by atoms with Gasteiger partial charge in [0.1, 0.15) is 11.6 Å². The van der Waals surface area contributed by atoms with Gasteiger partial charge in [0.25, 0.3) is 0 Å². The molecule has 1 aliphatic rings. The highest BCUT2D eigenvalue weighted by molar-refractivity contribution is 5.91. The van der Waals surface area contributed by atoms with E-state index < -0.39 is 0 Å². The van der Waals surface area contributed by atoms with Crippen LogP contribution in [0.3, 0.4) is 0 Å². The molecule has 7 heteroatoms. The smallest absolute Gasteiger partial charge is 0.246 e. The molecule has 164 valence electrons. The maximum Gasteiger partial charge on any atom is 0.246 e. The van der Waals surface area contributed by atoms with Crippen molar-refractivity contribution in [2.24, 2.45) is 0 Å². The van der Waals surface area contributed by atoms with E-state index in [0.29, 0.717) is 24.1 Å². The van der Waals surface area contributed by atoms with E-state index in [-0.39, 0.29) is 11.8 Å². The molecule has 1 fully saturated rings. The van der Waals surface area contributed by atoms with Crippen molar-refractivity contribution in [2.75, 3.05) is 18.4 Å². The van der Waals surface area contributed by atoms with Crippen LogP contribution in [-0.4, -0.2) is 43.8 Å². The highest BCUT2D eigenvalue weighted by Gasteiger charge is 2.25. The first-order valence-corrected chi connectivity index (χ1v) is 10.9. The second kappa shape index (κ2) is 9.68. The first-order chi connectivity index (χ1) is 15.5. The lowest BCUT2D eigenvalue weighted by Gasteiger charge is -2.32. The maximum absolute atomic E-state index is 12.8. The van der Waals surface area contributed by atoms with Crippen molar-refractivity contribution in [1.29, 1.82) is 0 Å². The average molecular weight is 429 g/mol. The van der Waals surface area contributed by atoms with Gasteiger partial charge in [0.2, 0.25) is 11.9 Å². The molecule has 1 saturated heterocycles. The van der Waals surface area contributed by atoms with Crippen molar-refractivity contribution in [3.8, 4) is 0 Å². The number of amides is 1. The normalized spacial score (nSPS) is 16.3. The van der Waals surface area contributed by atoms with Crippen molar-refractivity contribution in [3.05, 3.63) is 77.0 Å². The van der Waals surface area contributed by atoms with Crippen LogP contribution in [-0.2, 0) is 4.79 Å². The summed E-state index contributed by atoms with van der Waals surface area (Å²) >= 11 is 0. The molecule has 3 heterocycles. The van der Waals surface area contributed by atoms with Gasteiger partial charge in [-0.2, -0.15) is 0 Å². The van der Waals surface area contributed by atoms with Crippen LogP contribution < -0.4 is 5.32 Å². The Balaban J connectivity index is 1.48. The van der Waals surface area contributed by atoms with Gasteiger partial charge in [0, 0.05) is 42.5 Å². The summed E-state index contributed by atoms with van der Waals surface area (Å²) < 4.78 is 0. The van der Waals surface area contributed by atoms with Gasteiger partial charge in [0.05, 0.1) is 5.69 Å². The van der Waals surface area contributed by atoms with Crippen molar-refractivity contribution in [2.45, 2.75) is 39.5 Å². The highest BCUT2D eigenvalue weighted by atomic mass is 16.2. The van der Waals surface area contributed by atoms with Gasteiger partial charge in [-0.05, 0) is 51.3 Å². The number of aromatic nitrogens is 4. The second-order valence-electron chi connectivity index (χ2n) is 8.19. The number of piperidine rings is 1. The topological polar surface area (TPSA) is 83.9 Å². The summed E-state index contributed by atoms with van der Waals surface area (Å²) in [6.45, 7) is 7.17. The predicted octanol–water partition coefficient (Wildman–Crippen LogP) is 4.35. The molecule has 1 aliphatic heterocycles. The van der Waals surface area contributed by atoms with Crippen LogP contribution in [0.4, 0.5) is 11.8 Å². The number of nitrogens with zero attached hydrogens (tertiary/aromatic N) is 5. The molecule has 1 atom stereocenters. The number of carbonyl (C=O) groups excluding carboxylic acids is 1. The standard InChI is InChI=1S/C25H28N6O/c1-17-14-18(2)27-25(26-17)30-23-15-22(28-19(3)29-23)21-10-7-13-31(16-21)24(32)12-11-20-8-5-4-6-9-20/h4-6,8-9,11-12,14-15,21H,7,10,13,16H2,1-3H3,(H,26,27,28,29,30)/b12-11+. The van der Waals surface area contributed by atoms with Crippen molar-refractivity contribution >= 4 is 23.7 Å². The van der Waals surface area contributed by atoms with E-state index in [1.165, 1.54) is 0 Å². The Kier molecular flexibility index (Phi) is 6.54. The van der Waals surface area contributed by atoms with Gasteiger partial charge >= 0.3 is 0 Å². The number of rotatable bonds is 5. The molecule has 0 spiro atoms. The third kappa shape index (κ3) is 5.55. The molecule has 7 nitrogen and oxygen atoms in total. The van der Waals surface area contributed by atoms with Crippen molar-refractivity contribution in [3.63, 3.8) is 0 Å². The Morgan fingerprint density at radius 3 is 2.53 bits per heavy atom. The van der Waals surface area contributed by atoms with Gasteiger partial charge in [-0.25, -0.2) is 19.9 Å². The van der Waals surface area contributed by atoms with Gasteiger partial charge < -0.3 is 10.2 Å². The molecule has 0 aliphatic carbocycles. The summed E-state index contributed by atoms with van der Waals surface area (Å²) in [5.74, 6) is 2.08. The molecule has 0 radical (unpaired) electrons. The third-order valence-electron chi connectivity index (χ3n) is 5.45. The number of aryl methyl sites for hydroxylation is 3. The zero-order chi connectivity index (χ0) is 22.5. The highest BCUT2D eigenvalue weighted by Crippen LogP contribution is 2.27. The second-order valence-corrected chi connectivity index (χ2v) is 8.19. The molecule has 1 aromatic carbocycles. The molecule has 1 amide bonds. The van der Waals surface area contributed by atoms with Gasteiger partial charge in [-0.3, -0.25) is 4.79 Å². The Hall–Kier alpha value is -3.61. The first kappa shape index (κ1) is 21.6. The minimum absolute atomic E-state index is 0.0336. The Bertz CT molecular complexity index is 1110. The number of anilines is 2. The van der Waals surface area contributed by atoms with E-state index >= 15 is 0 Å². The predicted molar refractivity (Wildman–Crippen MR) is 126 cm³/mol. The Labute approximate surface area is 188 Å². The molecule has 1 N–H and O–H groups in total. The minimum atomic E-state index is 0.0336. The lowest BCUT2D eigenvalue weighted by atomic mass is 9.94. The number of hydrogen-bond acceptors (Lipinski definition) is 6. The summed E-state index contributed by atoms with van der Waals surface area (Å²) in [6, 6.07) is 13.8. The molecule has 3 aromatic rings. The zero-order valence-corrected chi connectivity index (χ0v) is 18.7. The van der Waals surface area contributed by atoms with E-state index in [1.54, 1.807) is 6.08 Å². The van der Waals surface area contributed by atoms with Crippen LogP contribution in [0.2, 0.25) is 0 Å². The van der Waals surface area contributed by atoms with E-state index in [9.17, 15) is 4.79 Å². The van der Waals surface area contributed by atoms with E-state index in [2.05, 4.69) is 25.3 Å². The summed E-state index contributed by atoms with van der Waals surface area (Å²) in [5, 5.41) is 3.21. The van der Waals surface area contributed by atoms with Crippen molar-refractivity contribution < 1.29 is 4.79 Å².